The molecule has 1 N–H and O–H groups in total. The molecule has 2 aliphatic rings. The molecular weight excluding hydrogens is 460 g/mol. The Morgan fingerprint density at radius 1 is 1.09 bits per heavy atom. The van der Waals surface area contributed by atoms with Crippen molar-refractivity contribution in [3.8, 4) is 0 Å². The van der Waals surface area contributed by atoms with Gasteiger partial charge in [-0.1, -0.05) is 13.3 Å². The predicted molar refractivity (Wildman–Crippen MR) is 128 cm³/mol. The van der Waals surface area contributed by atoms with Gasteiger partial charge in [0.2, 0.25) is 10.0 Å². The van der Waals surface area contributed by atoms with Gasteiger partial charge in [-0.3, -0.25) is 4.79 Å². The van der Waals surface area contributed by atoms with E-state index in [1.54, 1.807) is 0 Å². The second-order valence-corrected chi connectivity index (χ2v) is 11.9. The van der Waals surface area contributed by atoms with E-state index in [0.29, 0.717) is 35.1 Å². The van der Waals surface area contributed by atoms with E-state index in [1.807, 2.05) is 0 Å². The van der Waals surface area contributed by atoms with Crippen LogP contribution in [0.4, 0.5) is 5.00 Å². The monoisotopic (exact) mass is 490 g/mol. The third-order valence-corrected chi connectivity index (χ3v) is 9.50. The fraction of sp³-hybridized carbons (Fsp3) is 0.500. The number of anilines is 1. The van der Waals surface area contributed by atoms with Gasteiger partial charge in [0.05, 0.1) is 17.6 Å². The Morgan fingerprint density at radius 2 is 1.82 bits per heavy atom. The molecule has 1 saturated heterocycles. The minimum absolute atomic E-state index is 0.186. The summed E-state index contributed by atoms with van der Waals surface area (Å²) in [4.78, 5) is 26.7. The van der Waals surface area contributed by atoms with Crippen LogP contribution in [0.25, 0.3) is 0 Å². The number of carbonyl (C=O) groups excluding carboxylic acids is 2. The molecule has 1 unspecified atom stereocenters. The number of ether oxygens (including phenoxy) is 1. The number of benzene rings is 1. The molecule has 0 saturated carbocycles. The molecule has 1 aliphatic heterocycles. The van der Waals surface area contributed by atoms with Crippen LogP contribution < -0.4 is 5.32 Å². The Labute approximate surface area is 199 Å². The lowest BCUT2D eigenvalue weighted by Crippen LogP contribution is -2.39. The summed E-state index contributed by atoms with van der Waals surface area (Å²) < 4.78 is 32.5. The Kier molecular flexibility index (Phi) is 7.21. The normalized spacial score (nSPS) is 19.4. The second-order valence-electron chi connectivity index (χ2n) is 8.85. The number of methoxy groups -OCH3 is 1. The summed E-state index contributed by atoms with van der Waals surface area (Å²) in [5, 5.41) is 3.36. The van der Waals surface area contributed by atoms with Crippen molar-refractivity contribution >= 4 is 38.2 Å². The van der Waals surface area contributed by atoms with Gasteiger partial charge >= 0.3 is 5.97 Å². The molecule has 33 heavy (non-hydrogen) atoms. The summed E-state index contributed by atoms with van der Waals surface area (Å²) in [6, 6.07) is 6.00. The number of aryl methyl sites for hydroxylation is 1. The average molecular weight is 491 g/mol. The number of hydrogen-bond acceptors (Lipinski definition) is 6. The van der Waals surface area contributed by atoms with Crippen molar-refractivity contribution in [2.45, 2.75) is 56.8 Å². The van der Waals surface area contributed by atoms with E-state index in [-0.39, 0.29) is 10.8 Å². The molecule has 1 aliphatic carbocycles. The third kappa shape index (κ3) is 5.00. The summed E-state index contributed by atoms with van der Waals surface area (Å²) in [5.74, 6) is -0.488. The first kappa shape index (κ1) is 23.9. The van der Waals surface area contributed by atoms with Gasteiger partial charge in [0, 0.05) is 23.5 Å². The van der Waals surface area contributed by atoms with Crippen LogP contribution in [0.1, 0.15) is 70.2 Å². The number of sulfonamides is 1. The third-order valence-electron chi connectivity index (χ3n) is 6.41. The second kappa shape index (κ2) is 9.95. The highest BCUT2D eigenvalue weighted by Gasteiger charge is 2.29. The first-order valence-corrected chi connectivity index (χ1v) is 13.7. The van der Waals surface area contributed by atoms with Gasteiger partial charge in [0.1, 0.15) is 5.00 Å². The van der Waals surface area contributed by atoms with Crippen molar-refractivity contribution in [1.29, 1.82) is 0 Å². The first-order chi connectivity index (χ1) is 15.8. The van der Waals surface area contributed by atoms with Crippen LogP contribution in [-0.2, 0) is 27.6 Å². The van der Waals surface area contributed by atoms with Crippen LogP contribution in [0, 0.1) is 5.92 Å². The zero-order valence-corrected chi connectivity index (χ0v) is 20.7. The van der Waals surface area contributed by atoms with Crippen molar-refractivity contribution in [3.05, 3.63) is 45.8 Å². The molecule has 1 aromatic carbocycles. The van der Waals surface area contributed by atoms with Gasteiger partial charge in [-0.05, 0) is 74.3 Å². The van der Waals surface area contributed by atoms with Crippen molar-refractivity contribution in [2.75, 3.05) is 25.5 Å². The zero-order valence-electron chi connectivity index (χ0n) is 19.1. The average Bonchev–Trinajstić information content (AvgIpc) is 2.98. The molecule has 1 atom stereocenters. The summed E-state index contributed by atoms with van der Waals surface area (Å²) in [6.07, 6.45) is 6.77. The molecule has 4 rings (SSSR count). The maximum atomic E-state index is 13.0. The molecule has 0 bridgehead atoms. The molecule has 178 valence electrons. The number of thiophene rings is 1. The maximum Gasteiger partial charge on any atom is 0.341 e. The van der Waals surface area contributed by atoms with Gasteiger partial charge in [0.25, 0.3) is 5.91 Å². The van der Waals surface area contributed by atoms with Crippen molar-refractivity contribution < 1.29 is 22.7 Å². The Bertz CT molecular complexity index is 1140. The molecule has 0 radical (unpaired) electrons. The van der Waals surface area contributed by atoms with E-state index < -0.39 is 16.0 Å². The van der Waals surface area contributed by atoms with Crippen molar-refractivity contribution in [2.24, 2.45) is 5.92 Å². The SMILES string of the molecule is COC(=O)c1c(NC(=O)c2ccc(S(=O)(=O)N3CCCC(C)C3)cc2)sc2c1CCCCC2. The van der Waals surface area contributed by atoms with Gasteiger partial charge in [0.15, 0.2) is 0 Å². The highest BCUT2D eigenvalue weighted by molar-refractivity contribution is 7.89. The first-order valence-electron chi connectivity index (χ1n) is 11.5. The van der Waals surface area contributed by atoms with E-state index in [4.69, 9.17) is 4.74 Å². The summed E-state index contributed by atoms with van der Waals surface area (Å²) in [5.41, 5.74) is 1.77. The predicted octanol–water partition coefficient (Wildman–Crippen LogP) is 4.48. The lowest BCUT2D eigenvalue weighted by molar-refractivity contribution is 0.0601. The van der Waals surface area contributed by atoms with E-state index in [2.05, 4.69) is 12.2 Å². The van der Waals surface area contributed by atoms with E-state index in [1.165, 1.54) is 47.0 Å². The van der Waals surface area contributed by atoms with Crippen LogP contribution in [0.2, 0.25) is 0 Å². The smallest absolute Gasteiger partial charge is 0.341 e. The molecule has 7 nitrogen and oxygen atoms in total. The Hall–Kier alpha value is -2.23. The molecule has 1 fully saturated rings. The van der Waals surface area contributed by atoms with E-state index in [9.17, 15) is 18.0 Å². The van der Waals surface area contributed by atoms with Gasteiger partial charge in [-0.15, -0.1) is 11.3 Å². The zero-order chi connectivity index (χ0) is 23.6. The highest BCUT2D eigenvalue weighted by Crippen LogP contribution is 2.38. The summed E-state index contributed by atoms with van der Waals surface area (Å²) >= 11 is 1.43. The van der Waals surface area contributed by atoms with Crippen LogP contribution >= 0.6 is 11.3 Å². The van der Waals surface area contributed by atoms with Crippen LogP contribution in [-0.4, -0.2) is 44.8 Å². The number of fused-ring (bicyclic) bond motifs is 1. The number of carbonyl (C=O) groups is 2. The van der Waals surface area contributed by atoms with Gasteiger partial charge in [-0.25, -0.2) is 13.2 Å². The molecule has 2 heterocycles. The Morgan fingerprint density at radius 3 is 2.52 bits per heavy atom. The standard InChI is InChI=1S/C24H30N2O5S2/c1-16-7-6-14-26(15-16)33(29,30)18-12-10-17(11-13-18)22(27)25-23-21(24(28)31-2)19-8-4-3-5-9-20(19)32-23/h10-13,16H,3-9,14-15H2,1-2H3,(H,25,27). The van der Waals surface area contributed by atoms with Crippen molar-refractivity contribution in [3.63, 3.8) is 0 Å². The minimum atomic E-state index is -3.58. The van der Waals surface area contributed by atoms with Crippen LogP contribution in [0.15, 0.2) is 29.2 Å². The lowest BCUT2D eigenvalue weighted by atomic mass is 10.0. The quantitative estimate of drug-likeness (QED) is 0.493. The fourth-order valence-corrected chi connectivity index (χ4v) is 7.49. The molecular formula is C24H30N2O5S2. The topological polar surface area (TPSA) is 92.8 Å². The molecule has 1 amide bonds. The van der Waals surface area contributed by atoms with Gasteiger partial charge < -0.3 is 10.1 Å². The van der Waals surface area contributed by atoms with Crippen LogP contribution in [0.5, 0.6) is 0 Å². The maximum absolute atomic E-state index is 13.0. The molecule has 2 aromatic rings. The number of nitrogens with one attached hydrogen (secondary N) is 1. The Balaban J connectivity index is 1.54. The fourth-order valence-electron chi connectivity index (χ4n) is 4.62. The largest absolute Gasteiger partial charge is 0.465 e. The van der Waals surface area contributed by atoms with Crippen LogP contribution in [0.3, 0.4) is 0 Å². The molecule has 0 spiro atoms. The number of esters is 1. The number of amides is 1. The van der Waals surface area contributed by atoms with E-state index >= 15 is 0 Å². The number of rotatable bonds is 5. The molecule has 1 aromatic heterocycles. The van der Waals surface area contributed by atoms with Gasteiger partial charge in [-0.2, -0.15) is 4.31 Å². The number of nitrogens with zero attached hydrogens (tertiary/aromatic N) is 1. The summed E-state index contributed by atoms with van der Waals surface area (Å²) in [7, 11) is -2.24. The lowest BCUT2D eigenvalue weighted by Gasteiger charge is -2.30. The highest BCUT2D eigenvalue weighted by atomic mass is 32.2. The minimum Gasteiger partial charge on any atom is -0.465 e. The summed E-state index contributed by atoms with van der Waals surface area (Å²) in [6.45, 7) is 3.10. The number of piperidine rings is 1. The number of hydrogen-bond donors (Lipinski definition) is 1. The van der Waals surface area contributed by atoms with Crippen molar-refractivity contribution in [1.82, 2.24) is 4.31 Å². The molecule has 9 heteroatoms. The van der Waals surface area contributed by atoms with E-state index in [0.717, 1.165) is 55.4 Å².